The van der Waals surface area contributed by atoms with Crippen molar-refractivity contribution < 1.29 is 9.47 Å². The number of rotatable bonds is 8. The lowest BCUT2D eigenvalue weighted by molar-refractivity contribution is 0.0833. The molecule has 1 aromatic rings. The molecular formula is C17H28N2O2. The maximum atomic E-state index is 5.68. The number of methoxy groups -OCH3 is 1. The van der Waals surface area contributed by atoms with Gasteiger partial charge in [-0.1, -0.05) is 30.3 Å². The Bertz CT molecular complexity index is 372. The lowest BCUT2D eigenvalue weighted by Crippen LogP contribution is -2.33. The van der Waals surface area contributed by atoms with Gasteiger partial charge in [-0.3, -0.25) is 4.90 Å². The molecule has 1 heterocycles. The third-order valence-electron chi connectivity index (χ3n) is 3.87. The summed E-state index contributed by atoms with van der Waals surface area (Å²) in [6.45, 7) is 6.70. The van der Waals surface area contributed by atoms with Gasteiger partial charge in [0.05, 0.1) is 6.61 Å². The first-order valence-corrected chi connectivity index (χ1v) is 7.97. The second-order valence-electron chi connectivity index (χ2n) is 5.53. The average molecular weight is 292 g/mol. The molecule has 0 saturated carbocycles. The summed E-state index contributed by atoms with van der Waals surface area (Å²) in [6, 6.07) is 11.2. The third kappa shape index (κ3) is 6.14. The zero-order valence-electron chi connectivity index (χ0n) is 13.1. The van der Waals surface area contributed by atoms with E-state index in [1.54, 1.807) is 7.11 Å². The molecule has 0 spiro atoms. The number of nitrogens with one attached hydrogen (secondary N) is 1. The lowest BCUT2D eigenvalue weighted by atomic mass is 10.1. The minimum absolute atomic E-state index is 0.433. The Morgan fingerprint density at radius 1 is 1.19 bits per heavy atom. The summed E-state index contributed by atoms with van der Waals surface area (Å²) < 4.78 is 10.7. The van der Waals surface area contributed by atoms with Gasteiger partial charge in [0, 0.05) is 39.5 Å². The Hall–Kier alpha value is -0.940. The first kappa shape index (κ1) is 16.4. The van der Waals surface area contributed by atoms with Crippen molar-refractivity contribution in [2.45, 2.75) is 18.9 Å². The highest BCUT2D eigenvalue weighted by Crippen LogP contribution is 2.16. The highest BCUT2D eigenvalue weighted by Gasteiger charge is 2.18. The first-order chi connectivity index (χ1) is 10.4. The van der Waals surface area contributed by atoms with Crippen LogP contribution in [-0.2, 0) is 9.47 Å². The van der Waals surface area contributed by atoms with Crippen molar-refractivity contribution >= 4 is 0 Å². The van der Waals surface area contributed by atoms with Gasteiger partial charge in [0.2, 0.25) is 0 Å². The van der Waals surface area contributed by atoms with E-state index in [2.05, 4.69) is 40.5 Å². The Kier molecular flexibility index (Phi) is 7.75. The maximum absolute atomic E-state index is 5.68. The highest BCUT2D eigenvalue weighted by atomic mass is 16.5. The molecule has 2 rings (SSSR count). The molecule has 1 aromatic carbocycles. The fourth-order valence-corrected chi connectivity index (χ4v) is 2.71. The van der Waals surface area contributed by atoms with E-state index in [-0.39, 0.29) is 0 Å². The molecule has 0 bridgehead atoms. The van der Waals surface area contributed by atoms with Crippen molar-refractivity contribution in [3.05, 3.63) is 35.9 Å². The SMILES string of the molecule is COCCCOCCN1CCCNC(c2ccccc2)C1. The van der Waals surface area contributed by atoms with E-state index < -0.39 is 0 Å². The van der Waals surface area contributed by atoms with Crippen LogP contribution >= 0.6 is 0 Å². The van der Waals surface area contributed by atoms with Gasteiger partial charge in [-0.25, -0.2) is 0 Å². The molecule has 1 atom stereocenters. The van der Waals surface area contributed by atoms with Crippen molar-refractivity contribution in [1.29, 1.82) is 0 Å². The van der Waals surface area contributed by atoms with Gasteiger partial charge >= 0.3 is 0 Å². The zero-order valence-corrected chi connectivity index (χ0v) is 13.1. The largest absolute Gasteiger partial charge is 0.385 e. The Balaban J connectivity index is 1.72. The van der Waals surface area contributed by atoms with Crippen LogP contribution < -0.4 is 5.32 Å². The molecule has 1 saturated heterocycles. The van der Waals surface area contributed by atoms with E-state index in [9.17, 15) is 0 Å². The number of hydrogen-bond donors (Lipinski definition) is 1. The van der Waals surface area contributed by atoms with E-state index in [0.29, 0.717) is 6.04 Å². The minimum atomic E-state index is 0.433. The topological polar surface area (TPSA) is 33.7 Å². The van der Waals surface area contributed by atoms with Gasteiger partial charge in [0.25, 0.3) is 0 Å². The molecule has 21 heavy (non-hydrogen) atoms. The molecule has 1 aliphatic rings. The summed E-state index contributed by atoms with van der Waals surface area (Å²) >= 11 is 0. The smallest absolute Gasteiger partial charge is 0.0593 e. The van der Waals surface area contributed by atoms with Gasteiger partial charge < -0.3 is 14.8 Å². The summed E-state index contributed by atoms with van der Waals surface area (Å²) in [5.41, 5.74) is 1.38. The number of nitrogens with zero attached hydrogens (tertiary/aromatic N) is 1. The molecule has 0 aliphatic carbocycles. The first-order valence-electron chi connectivity index (χ1n) is 7.97. The molecule has 1 unspecified atom stereocenters. The predicted octanol–water partition coefficient (Wildman–Crippen LogP) is 2.08. The van der Waals surface area contributed by atoms with E-state index in [4.69, 9.17) is 9.47 Å². The quantitative estimate of drug-likeness (QED) is 0.744. The van der Waals surface area contributed by atoms with Crippen molar-refractivity contribution in [3.63, 3.8) is 0 Å². The monoisotopic (exact) mass is 292 g/mol. The van der Waals surface area contributed by atoms with Crippen LogP contribution in [0.1, 0.15) is 24.4 Å². The fourth-order valence-electron chi connectivity index (χ4n) is 2.71. The van der Waals surface area contributed by atoms with E-state index in [1.165, 1.54) is 12.0 Å². The van der Waals surface area contributed by atoms with Crippen LogP contribution in [0.4, 0.5) is 0 Å². The summed E-state index contributed by atoms with van der Waals surface area (Å²) in [5.74, 6) is 0. The number of benzene rings is 1. The van der Waals surface area contributed by atoms with Crippen LogP contribution in [0.2, 0.25) is 0 Å². The number of ether oxygens (including phenoxy) is 2. The molecule has 1 aliphatic heterocycles. The van der Waals surface area contributed by atoms with Crippen LogP contribution in [0, 0.1) is 0 Å². The summed E-state index contributed by atoms with van der Waals surface area (Å²) in [6.07, 6.45) is 2.18. The lowest BCUT2D eigenvalue weighted by Gasteiger charge is -2.24. The molecule has 0 radical (unpaired) electrons. The predicted molar refractivity (Wildman–Crippen MR) is 85.6 cm³/mol. The summed E-state index contributed by atoms with van der Waals surface area (Å²) in [5, 5.41) is 3.65. The normalized spacial score (nSPS) is 20.3. The van der Waals surface area contributed by atoms with Crippen molar-refractivity contribution in [2.24, 2.45) is 0 Å². The second-order valence-corrected chi connectivity index (χ2v) is 5.53. The van der Waals surface area contributed by atoms with E-state index >= 15 is 0 Å². The Labute approximate surface area is 128 Å². The Morgan fingerprint density at radius 3 is 2.86 bits per heavy atom. The van der Waals surface area contributed by atoms with Crippen LogP contribution in [-0.4, -0.2) is 58.0 Å². The van der Waals surface area contributed by atoms with Gasteiger partial charge in [0.1, 0.15) is 0 Å². The zero-order chi connectivity index (χ0) is 14.8. The number of hydrogen-bond acceptors (Lipinski definition) is 4. The van der Waals surface area contributed by atoms with Gasteiger partial charge in [-0.05, 0) is 31.5 Å². The van der Waals surface area contributed by atoms with Crippen molar-refractivity contribution in [2.75, 3.05) is 53.1 Å². The molecular weight excluding hydrogens is 264 g/mol. The molecule has 118 valence electrons. The van der Waals surface area contributed by atoms with E-state index in [0.717, 1.165) is 52.4 Å². The third-order valence-corrected chi connectivity index (χ3v) is 3.87. The van der Waals surface area contributed by atoms with Crippen LogP contribution in [0.5, 0.6) is 0 Å². The molecule has 1 N–H and O–H groups in total. The van der Waals surface area contributed by atoms with Crippen molar-refractivity contribution in [3.8, 4) is 0 Å². The van der Waals surface area contributed by atoms with Gasteiger partial charge in [-0.2, -0.15) is 0 Å². The van der Waals surface area contributed by atoms with Gasteiger partial charge in [-0.15, -0.1) is 0 Å². The van der Waals surface area contributed by atoms with Crippen LogP contribution in [0.3, 0.4) is 0 Å². The average Bonchev–Trinajstić information content (AvgIpc) is 2.77. The molecule has 4 heteroatoms. The summed E-state index contributed by atoms with van der Waals surface area (Å²) in [7, 11) is 1.73. The fraction of sp³-hybridized carbons (Fsp3) is 0.647. The molecule has 1 fully saturated rings. The maximum Gasteiger partial charge on any atom is 0.0593 e. The standard InChI is InChI=1S/C17H28N2O2/c1-20-12-6-13-21-14-11-19-10-5-9-18-17(15-19)16-7-3-2-4-8-16/h2-4,7-8,17-18H,5-6,9-15H2,1H3. The van der Waals surface area contributed by atoms with Crippen molar-refractivity contribution in [1.82, 2.24) is 10.2 Å². The van der Waals surface area contributed by atoms with E-state index in [1.807, 2.05) is 0 Å². The minimum Gasteiger partial charge on any atom is -0.385 e. The Morgan fingerprint density at radius 2 is 2.05 bits per heavy atom. The highest BCUT2D eigenvalue weighted by molar-refractivity contribution is 5.19. The van der Waals surface area contributed by atoms with Crippen LogP contribution in [0.15, 0.2) is 30.3 Å². The van der Waals surface area contributed by atoms with Gasteiger partial charge in [0.15, 0.2) is 0 Å². The van der Waals surface area contributed by atoms with Crippen LogP contribution in [0.25, 0.3) is 0 Å². The molecule has 4 nitrogen and oxygen atoms in total. The second kappa shape index (κ2) is 9.90. The molecule has 0 aromatic heterocycles. The summed E-state index contributed by atoms with van der Waals surface area (Å²) in [4.78, 5) is 2.51. The molecule has 0 amide bonds.